The Bertz CT molecular complexity index is 1130. The molecule has 2 N–H and O–H groups in total. The van der Waals surface area contributed by atoms with E-state index in [0.717, 1.165) is 11.1 Å². The molecule has 0 spiro atoms. The van der Waals surface area contributed by atoms with Gasteiger partial charge in [0.1, 0.15) is 5.75 Å². The molecule has 2 aliphatic rings. The van der Waals surface area contributed by atoms with E-state index in [2.05, 4.69) is 15.6 Å². The van der Waals surface area contributed by atoms with Crippen molar-refractivity contribution in [2.75, 3.05) is 24.0 Å². The number of anilines is 2. The number of benzene rings is 2. The predicted octanol–water partition coefficient (Wildman–Crippen LogP) is 3.05. The van der Waals surface area contributed by atoms with Gasteiger partial charge in [-0.15, -0.1) is 11.3 Å². The van der Waals surface area contributed by atoms with E-state index < -0.39 is 0 Å². The van der Waals surface area contributed by atoms with Gasteiger partial charge in [-0.05, 0) is 35.9 Å². The number of ether oxygens (including phenoxy) is 3. The number of hydrogen-bond donors (Lipinski definition) is 2. The molecule has 2 aliphatic heterocycles. The number of nitrogens with zero attached hydrogens (tertiary/aromatic N) is 1. The summed E-state index contributed by atoms with van der Waals surface area (Å²) in [6.45, 7) is 0.216. The molecule has 2 aromatic carbocycles. The molecule has 8 nitrogen and oxygen atoms in total. The van der Waals surface area contributed by atoms with Gasteiger partial charge in [0, 0.05) is 10.9 Å². The second-order valence-electron chi connectivity index (χ2n) is 6.50. The largest absolute Gasteiger partial charge is 0.482 e. The molecule has 0 radical (unpaired) electrons. The van der Waals surface area contributed by atoms with Crippen LogP contribution in [0.15, 0.2) is 41.8 Å². The highest BCUT2D eigenvalue weighted by Crippen LogP contribution is 2.34. The molecule has 0 aliphatic carbocycles. The summed E-state index contributed by atoms with van der Waals surface area (Å²) in [6, 6.07) is 10.9. The van der Waals surface area contributed by atoms with Gasteiger partial charge >= 0.3 is 0 Å². The Morgan fingerprint density at radius 1 is 1.10 bits per heavy atom. The van der Waals surface area contributed by atoms with Gasteiger partial charge in [-0.1, -0.05) is 6.07 Å². The smallest absolute Gasteiger partial charge is 0.262 e. The molecule has 146 valence electrons. The van der Waals surface area contributed by atoms with Crippen LogP contribution >= 0.6 is 11.3 Å². The quantitative estimate of drug-likeness (QED) is 0.687. The predicted molar refractivity (Wildman–Crippen MR) is 107 cm³/mol. The summed E-state index contributed by atoms with van der Waals surface area (Å²) in [5.74, 6) is 1.60. The lowest BCUT2D eigenvalue weighted by Gasteiger charge is -2.18. The van der Waals surface area contributed by atoms with Crippen molar-refractivity contribution in [2.24, 2.45) is 0 Å². The maximum atomic E-state index is 12.4. The molecule has 29 heavy (non-hydrogen) atoms. The zero-order valence-electron chi connectivity index (χ0n) is 15.1. The van der Waals surface area contributed by atoms with Gasteiger partial charge in [-0.3, -0.25) is 9.59 Å². The van der Waals surface area contributed by atoms with Crippen LogP contribution in [0, 0.1) is 0 Å². The van der Waals surface area contributed by atoms with Crippen molar-refractivity contribution in [3.05, 3.63) is 47.3 Å². The normalized spacial score (nSPS) is 14.0. The van der Waals surface area contributed by atoms with Crippen molar-refractivity contribution >= 4 is 34.0 Å². The van der Waals surface area contributed by atoms with Gasteiger partial charge < -0.3 is 24.8 Å². The summed E-state index contributed by atoms with van der Waals surface area (Å²) in [4.78, 5) is 28.4. The Balaban J connectivity index is 1.27. The molecule has 5 rings (SSSR count). The third kappa shape index (κ3) is 3.59. The summed E-state index contributed by atoms with van der Waals surface area (Å²) >= 11 is 1.33. The van der Waals surface area contributed by atoms with Crippen molar-refractivity contribution in [3.8, 4) is 28.5 Å². The monoisotopic (exact) mass is 409 g/mol. The van der Waals surface area contributed by atoms with Crippen LogP contribution in [0.5, 0.6) is 17.2 Å². The van der Waals surface area contributed by atoms with Crippen LogP contribution in [0.4, 0.5) is 10.8 Å². The summed E-state index contributed by atoms with van der Waals surface area (Å²) in [5.41, 5.74) is 2.96. The van der Waals surface area contributed by atoms with E-state index in [9.17, 15) is 9.59 Å². The topological polar surface area (TPSA) is 98.8 Å². The molecule has 0 unspecified atom stereocenters. The molecule has 3 aromatic rings. The number of hydrogen-bond acceptors (Lipinski definition) is 7. The second kappa shape index (κ2) is 7.10. The first kappa shape index (κ1) is 17.5. The number of carbonyl (C=O) groups excluding carboxylic acids is 2. The number of rotatable bonds is 4. The average molecular weight is 409 g/mol. The first-order valence-electron chi connectivity index (χ1n) is 8.85. The summed E-state index contributed by atoms with van der Waals surface area (Å²) in [7, 11) is 0. The Hall–Kier alpha value is -3.59. The molecule has 0 saturated carbocycles. The molecule has 2 amide bonds. The number of carbonyl (C=O) groups is 2. The maximum absolute atomic E-state index is 12.4. The number of fused-ring (bicyclic) bond motifs is 2. The Labute approximate surface area is 169 Å². The Morgan fingerprint density at radius 3 is 2.90 bits per heavy atom. The first-order valence-corrected chi connectivity index (χ1v) is 9.73. The van der Waals surface area contributed by atoms with Gasteiger partial charge in [-0.25, -0.2) is 4.98 Å². The fourth-order valence-corrected chi connectivity index (χ4v) is 3.84. The van der Waals surface area contributed by atoms with E-state index >= 15 is 0 Å². The lowest BCUT2D eigenvalue weighted by molar-refractivity contribution is -0.118. The minimum Gasteiger partial charge on any atom is -0.482 e. The highest BCUT2D eigenvalue weighted by atomic mass is 32.1. The first-order chi connectivity index (χ1) is 14.1. The lowest BCUT2D eigenvalue weighted by atomic mass is 10.1. The molecular formula is C20H15N3O5S. The van der Waals surface area contributed by atoms with Crippen molar-refractivity contribution in [1.82, 2.24) is 4.98 Å². The molecule has 9 heteroatoms. The Morgan fingerprint density at radius 2 is 1.97 bits per heavy atom. The van der Waals surface area contributed by atoms with Gasteiger partial charge in [0.25, 0.3) is 5.91 Å². The van der Waals surface area contributed by atoms with Crippen LogP contribution in [0.3, 0.4) is 0 Å². The second-order valence-corrected chi connectivity index (χ2v) is 7.36. The van der Waals surface area contributed by atoms with Crippen molar-refractivity contribution in [3.63, 3.8) is 0 Å². The van der Waals surface area contributed by atoms with E-state index in [4.69, 9.17) is 14.2 Å². The van der Waals surface area contributed by atoms with Crippen molar-refractivity contribution in [2.45, 2.75) is 6.42 Å². The number of nitrogens with one attached hydrogen (secondary N) is 2. The van der Waals surface area contributed by atoms with Crippen LogP contribution in [0.1, 0.15) is 5.56 Å². The van der Waals surface area contributed by atoms with Crippen molar-refractivity contribution in [1.29, 1.82) is 0 Å². The van der Waals surface area contributed by atoms with E-state index in [1.165, 1.54) is 11.3 Å². The van der Waals surface area contributed by atoms with E-state index in [-0.39, 0.29) is 31.6 Å². The van der Waals surface area contributed by atoms with E-state index in [0.29, 0.717) is 33.8 Å². The molecule has 3 heterocycles. The van der Waals surface area contributed by atoms with Crippen LogP contribution in [-0.4, -0.2) is 30.2 Å². The third-order valence-corrected chi connectivity index (χ3v) is 5.22. The molecule has 0 fully saturated rings. The minimum atomic E-state index is -0.190. The molecule has 1 aromatic heterocycles. The van der Waals surface area contributed by atoms with Gasteiger partial charge in [0.05, 0.1) is 17.8 Å². The molecule has 0 atom stereocenters. The highest BCUT2D eigenvalue weighted by molar-refractivity contribution is 7.14. The van der Waals surface area contributed by atoms with Gasteiger partial charge in [0.15, 0.2) is 23.2 Å². The summed E-state index contributed by atoms with van der Waals surface area (Å²) < 4.78 is 16.0. The van der Waals surface area contributed by atoms with Crippen LogP contribution in [-0.2, 0) is 16.0 Å². The van der Waals surface area contributed by atoms with Crippen LogP contribution < -0.4 is 24.8 Å². The fraction of sp³-hybridized carbons (Fsp3) is 0.150. The van der Waals surface area contributed by atoms with Crippen molar-refractivity contribution < 1.29 is 23.8 Å². The fourth-order valence-electron chi connectivity index (χ4n) is 3.11. The van der Waals surface area contributed by atoms with Crippen LogP contribution in [0.2, 0.25) is 0 Å². The number of amides is 2. The third-order valence-electron chi connectivity index (χ3n) is 4.46. The highest BCUT2D eigenvalue weighted by Gasteiger charge is 2.18. The number of aromatic nitrogens is 1. The van der Waals surface area contributed by atoms with Gasteiger partial charge in [0.2, 0.25) is 12.7 Å². The molecule has 0 saturated heterocycles. The standard InChI is InChI=1S/C20H15N3O5S/c24-18(6-11-1-3-16-17(5-11)28-10-27-16)23-20-22-14(9-29-20)12-2-4-15-13(7-12)21-19(25)8-26-15/h1-5,7,9H,6,8,10H2,(H,21,25)(H,22,23,24). The number of thiazole rings is 1. The van der Waals surface area contributed by atoms with Crippen LogP contribution in [0.25, 0.3) is 11.3 Å². The lowest BCUT2D eigenvalue weighted by Crippen LogP contribution is -2.25. The SMILES string of the molecule is O=C(Cc1ccc2c(c1)OCO2)Nc1nc(-c2ccc3c(c2)NC(=O)CO3)cs1. The van der Waals surface area contributed by atoms with E-state index in [1.54, 1.807) is 24.3 Å². The van der Waals surface area contributed by atoms with E-state index in [1.807, 2.05) is 17.5 Å². The average Bonchev–Trinajstić information content (AvgIpc) is 3.36. The maximum Gasteiger partial charge on any atom is 0.262 e. The zero-order chi connectivity index (χ0) is 19.8. The Kier molecular flexibility index (Phi) is 4.28. The zero-order valence-corrected chi connectivity index (χ0v) is 15.9. The minimum absolute atomic E-state index is 0.0165. The molecule has 0 bridgehead atoms. The molecular weight excluding hydrogens is 394 g/mol. The summed E-state index contributed by atoms with van der Waals surface area (Å²) in [6.07, 6.45) is 0.202. The summed E-state index contributed by atoms with van der Waals surface area (Å²) in [5, 5.41) is 7.95. The van der Waals surface area contributed by atoms with Gasteiger partial charge in [-0.2, -0.15) is 0 Å².